The number of rotatable bonds is 4. The number of benzene rings is 1. The number of nitrogens with zero attached hydrogens (tertiary/aromatic N) is 2. The van der Waals surface area contributed by atoms with E-state index < -0.39 is 10.0 Å². The lowest BCUT2D eigenvalue weighted by Gasteiger charge is -2.34. The van der Waals surface area contributed by atoms with Crippen LogP contribution >= 0.6 is 0 Å². The van der Waals surface area contributed by atoms with Gasteiger partial charge in [-0.05, 0) is 42.5 Å². The average molecular weight is 430 g/mol. The highest BCUT2D eigenvalue weighted by atomic mass is 32.2. The summed E-state index contributed by atoms with van der Waals surface area (Å²) in [6.07, 6.45) is 7.52. The van der Waals surface area contributed by atoms with Gasteiger partial charge in [0.2, 0.25) is 15.6 Å². The first-order valence-electron chi connectivity index (χ1n) is 10.5. The third-order valence-corrected chi connectivity index (χ3v) is 8.06. The van der Waals surface area contributed by atoms with Gasteiger partial charge in [0.1, 0.15) is 0 Å². The van der Waals surface area contributed by atoms with Crippen LogP contribution in [0.4, 0.5) is 0 Å². The van der Waals surface area contributed by atoms with Gasteiger partial charge in [0.05, 0.1) is 10.5 Å². The summed E-state index contributed by atoms with van der Waals surface area (Å²) in [5.41, 5.74) is 1.35. The molecule has 0 unspecified atom stereocenters. The Morgan fingerprint density at radius 3 is 2.17 bits per heavy atom. The van der Waals surface area contributed by atoms with Crippen molar-refractivity contribution in [2.75, 3.05) is 26.2 Å². The summed E-state index contributed by atoms with van der Waals surface area (Å²) in [5.74, 6) is 0.332. The van der Waals surface area contributed by atoms with E-state index in [4.69, 9.17) is 0 Å². The van der Waals surface area contributed by atoms with E-state index in [-0.39, 0.29) is 24.6 Å². The second-order valence-corrected chi connectivity index (χ2v) is 9.98. The lowest BCUT2D eigenvalue weighted by atomic mass is 9.84. The molecule has 1 saturated heterocycles. The first-order chi connectivity index (χ1) is 14.4. The summed E-state index contributed by atoms with van der Waals surface area (Å²) in [6, 6.07) is 10.1. The highest BCUT2D eigenvalue weighted by molar-refractivity contribution is 7.89. The van der Waals surface area contributed by atoms with Crippen molar-refractivity contribution in [1.29, 1.82) is 0 Å². The van der Waals surface area contributed by atoms with E-state index in [2.05, 4.69) is 4.98 Å². The first-order valence-corrected chi connectivity index (χ1v) is 12.0. The van der Waals surface area contributed by atoms with Crippen molar-refractivity contribution in [3.8, 4) is 0 Å². The van der Waals surface area contributed by atoms with Crippen molar-refractivity contribution in [3.63, 3.8) is 0 Å². The summed E-state index contributed by atoms with van der Waals surface area (Å²) in [4.78, 5) is 28.1. The minimum absolute atomic E-state index is 0.208. The summed E-state index contributed by atoms with van der Waals surface area (Å²) >= 11 is 0. The number of H-pyrrole nitrogens is 1. The van der Waals surface area contributed by atoms with Crippen molar-refractivity contribution in [1.82, 2.24) is 14.2 Å². The maximum atomic E-state index is 13.0. The summed E-state index contributed by atoms with van der Waals surface area (Å²) in [5, 5.41) is 0. The van der Waals surface area contributed by atoms with Crippen LogP contribution in [0.2, 0.25) is 0 Å². The second-order valence-electron chi connectivity index (χ2n) is 8.04. The highest BCUT2D eigenvalue weighted by Gasteiger charge is 2.30. The highest BCUT2D eigenvalue weighted by Crippen LogP contribution is 2.33. The molecule has 2 aromatic rings. The van der Waals surface area contributed by atoms with Crippen LogP contribution in [0.25, 0.3) is 0 Å². The third-order valence-electron chi connectivity index (χ3n) is 6.15. The van der Waals surface area contributed by atoms with Gasteiger partial charge >= 0.3 is 0 Å². The fourth-order valence-corrected chi connectivity index (χ4v) is 5.78. The molecule has 30 heavy (non-hydrogen) atoms. The Morgan fingerprint density at radius 2 is 1.57 bits per heavy atom. The standard InChI is InChI=1S/C22H27N3O4S/c26-21-11-8-19(16-23-21)22(27)24-12-14-25(15-13-24)30(28,29)20-9-6-18(7-10-20)17-4-2-1-3-5-17/h6-11,16-17H,1-5,12-15H2,(H,23,26). The van der Waals surface area contributed by atoms with Crippen LogP contribution in [-0.4, -0.2) is 54.7 Å². The molecule has 2 fully saturated rings. The van der Waals surface area contributed by atoms with E-state index in [1.807, 2.05) is 12.1 Å². The Bertz CT molecular complexity index is 1030. The molecule has 2 heterocycles. The van der Waals surface area contributed by atoms with Crippen LogP contribution in [0.15, 0.2) is 52.3 Å². The van der Waals surface area contributed by atoms with Crippen molar-refractivity contribution >= 4 is 15.9 Å². The van der Waals surface area contributed by atoms with E-state index >= 15 is 0 Å². The minimum atomic E-state index is -3.58. The van der Waals surface area contributed by atoms with Crippen LogP contribution in [-0.2, 0) is 10.0 Å². The van der Waals surface area contributed by atoms with Crippen LogP contribution in [0, 0.1) is 0 Å². The summed E-state index contributed by atoms with van der Waals surface area (Å²) in [7, 11) is -3.58. The summed E-state index contributed by atoms with van der Waals surface area (Å²) in [6.45, 7) is 1.14. The second kappa shape index (κ2) is 8.73. The molecule has 160 valence electrons. The normalized spacial score (nSPS) is 19.0. The Balaban J connectivity index is 1.40. The molecule has 1 saturated carbocycles. The van der Waals surface area contributed by atoms with Gasteiger partial charge in [-0.3, -0.25) is 9.59 Å². The van der Waals surface area contributed by atoms with Gasteiger partial charge in [-0.15, -0.1) is 0 Å². The number of hydrogen-bond acceptors (Lipinski definition) is 4. The molecular weight excluding hydrogens is 402 g/mol. The van der Waals surface area contributed by atoms with Gasteiger partial charge in [0, 0.05) is 38.4 Å². The number of piperazine rings is 1. The maximum absolute atomic E-state index is 13.0. The maximum Gasteiger partial charge on any atom is 0.255 e. The van der Waals surface area contributed by atoms with E-state index in [1.165, 1.54) is 60.3 Å². The number of aromatic nitrogens is 1. The molecule has 2 aliphatic rings. The molecule has 0 radical (unpaired) electrons. The predicted molar refractivity (Wildman–Crippen MR) is 114 cm³/mol. The van der Waals surface area contributed by atoms with Gasteiger partial charge in [-0.25, -0.2) is 8.42 Å². The fourth-order valence-electron chi connectivity index (χ4n) is 4.35. The van der Waals surface area contributed by atoms with Crippen LogP contribution in [0.5, 0.6) is 0 Å². The Morgan fingerprint density at radius 1 is 0.900 bits per heavy atom. The molecule has 0 spiro atoms. The average Bonchev–Trinajstić information content (AvgIpc) is 2.80. The van der Waals surface area contributed by atoms with Crippen LogP contribution in [0.3, 0.4) is 0 Å². The lowest BCUT2D eigenvalue weighted by molar-refractivity contribution is 0.0697. The number of sulfonamides is 1. The SMILES string of the molecule is O=C(c1ccc(=O)[nH]c1)N1CCN(S(=O)(=O)c2ccc(C3CCCCC3)cc2)CC1. The minimum Gasteiger partial charge on any atom is -0.336 e. The summed E-state index contributed by atoms with van der Waals surface area (Å²) < 4.78 is 27.5. The molecule has 8 heteroatoms. The van der Waals surface area contributed by atoms with Gasteiger partial charge in [0.25, 0.3) is 5.91 Å². The zero-order valence-electron chi connectivity index (χ0n) is 16.9. The monoisotopic (exact) mass is 429 g/mol. The first kappa shape index (κ1) is 20.8. The fraction of sp³-hybridized carbons (Fsp3) is 0.455. The molecule has 1 N–H and O–H groups in total. The van der Waals surface area contributed by atoms with Gasteiger partial charge in [0.15, 0.2) is 0 Å². The molecule has 1 aromatic carbocycles. The van der Waals surface area contributed by atoms with E-state index in [0.29, 0.717) is 29.5 Å². The third kappa shape index (κ3) is 4.34. The van der Waals surface area contributed by atoms with Crippen molar-refractivity contribution in [3.05, 3.63) is 64.1 Å². The number of carbonyl (C=O) groups excluding carboxylic acids is 1. The predicted octanol–water partition coefficient (Wildman–Crippen LogP) is 2.57. The quantitative estimate of drug-likeness (QED) is 0.809. The molecule has 0 bridgehead atoms. The molecule has 1 aromatic heterocycles. The number of nitrogens with one attached hydrogen (secondary N) is 1. The Kier molecular flexibility index (Phi) is 6.06. The van der Waals surface area contributed by atoms with Crippen LogP contribution < -0.4 is 5.56 Å². The molecule has 1 amide bonds. The van der Waals surface area contributed by atoms with Crippen LogP contribution in [0.1, 0.15) is 53.9 Å². The lowest BCUT2D eigenvalue weighted by Crippen LogP contribution is -2.50. The van der Waals surface area contributed by atoms with Crippen molar-refractivity contribution in [2.45, 2.75) is 42.9 Å². The molecular formula is C22H27N3O4S. The number of carbonyl (C=O) groups is 1. The number of hydrogen-bond donors (Lipinski definition) is 1. The Labute approximate surface area is 176 Å². The zero-order valence-corrected chi connectivity index (χ0v) is 17.7. The van der Waals surface area contributed by atoms with E-state index in [9.17, 15) is 18.0 Å². The van der Waals surface area contributed by atoms with E-state index in [0.717, 1.165) is 0 Å². The number of aromatic amines is 1. The molecule has 7 nitrogen and oxygen atoms in total. The largest absolute Gasteiger partial charge is 0.336 e. The molecule has 4 rings (SSSR count). The molecule has 1 aliphatic carbocycles. The number of amides is 1. The van der Waals surface area contributed by atoms with Crippen molar-refractivity contribution in [2.24, 2.45) is 0 Å². The Hall–Kier alpha value is -2.45. The molecule has 1 aliphatic heterocycles. The van der Waals surface area contributed by atoms with E-state index in [1.54, 1.807) is 17.0 Å². The smallest absolute Gasteiger partial charge is 0.255 e. The topological polar surface area (TPSA) is 90.6 Å². The number of pyridine rings is 1. The molecule has 0 atom stereocenters. The van der Waals surface area contributed by atoms with Gasteiger partial charge in [-0.2, -0.15) is 4.31 Å². The van der Waals surface area contributed by atoms with Crippen molar-refractivity contribution < 1.29 is 13.2 Å². The zero-order chi connectivity index (χ0) is 21.1. The van der Waals surface area contributed by atoms with Gasteiger partial charge < -0.3 is 9.88 Å². The van der Waals surface area contributed by atoms with Gasteiger partial charge in [-0.1, -0.05) is 31.4 Å².